The van der Waals surface area contributed by atoms with E-state index in [1.165, 1.54) is 11.4 Å². The molecule has 1 amide bonds. The lowest BCUT2D eigenvalue weighted by atomic mass is 10.0. The van der Waals surface area contributed by atoms with Crippen LogP contribution in [0.15, 0.2) is 10.3 Å². The Kier molecular flexibility index (Phi) is 5.58. The molecule has 0 atom stereocenters. The topological polar surface area (TPSA) is 113 Å². The normalized spacial score (nSPS) is 19.6. The van der Waals surface area contributed by atoms with Crippen molar-refractivity contribution in [3.63, 3.8) is 0 Å². The molecule has 0 bridgehead atoms. The molecule has 2 fully saturated rings. The Balaban J connectivity index is 1.45. The van der Waals surface area contributed by atoms with E-state index in [1.54, 1.807) is 4.90 Å². The van der Waals surface area contributed by atoms with Crippen LogP contribution in [0.4, 0.5) is 0 Å². The van der Waals surface area contributed by atoms with E-state index in [4.69, 9.17) is 4.74 Å². The number of aromatic amines is 1. The van der Waals surface area contributed by atoms with Gasteiger partial charge in [-0.3, -0.25) is 9.89 Å². The number of hydrogen-bond acceptors (Lipinski definition) is 7. The first-order valence-corrected chi connectivity index (χ1v) is 13.2. The van der Waals surface area contributed by atoms with Crippen molar-refractivity contribution in [2.24, 2.45) is 0 Å². The molecule has 11 heteroatoms. The van der Waals surface area contributed by atoms with Gasteiger partial charge < -0.3 is 9.64 Å². The maximum Gasteiger partial charge on any atom is 0.340 e. The SMILES string of the molecule is COC(=O)c1c(S(=O)(=O)N2CCCCC2)sc2c1CCN(C(=O)c1cc(C3CC3)[nH]n1)C2. The second-order valence-corrected chi connectivity index (χ2v) is 11.8. The molecule has 32 heavy (non-hydrogen) atoms. The molecule has 4 heterocycles. The van der Waals surface area contributed by atoms with Crippen molar-refractivity contribution in [1.82, 2.24) is 19.4 Å². The Morgan fingerprint density at radius 1 is 1.19 bits per heavy atom. The minimum atomic E-state index is -3.80. The van der Waals surface area contributed by atoms with Crippen LogP contribution in [0.5, 0.6) is 0 Å². The molecule has 3 aliphatic rings. The molecule has 2 aromatic rings. The Morgan fingerprint density at radius 2 is 1.94 bits per heavy atom. The minimum absolute atomic E-state index is 0.0429. The van der Waals surface area contributed by atoms with Gasteiger partial charge in [0.15, 0.2) is 0 Å². The number of esters is 1. The van der Waals surface area contributed by atoms with Gasteiger partial charge in [-0.15, -0.1) is 11.3 Å². The molecule has 5 rings (SSSR count). The summed E-state index contributed by atoms with van der Waals surface area (Å²) in [5.41, 5.74) is 2.19. The number of fused-ring (bicyclic) bond motifs is 1. The van der Waals surface area contributed by atoms with Crippen LogP contribution in [0.25, 0.3) is 0 Å². The Hall–Kier alpha value is -2.24. The van der Waals surface area contributed by atoms with Crippen LogP contribution < -0.4 is 0 Å². The van der Waals surface area contributed by atoms with Gasteiger partial charge in [0, 0.05) is 36.1 Å². The lowest BCUT2D eigenvalue weighted by Crippen LogP contribution is -2.36. The summed E-state index contributed by atoms with van der Waals surface area (Å²) < 4.78 is 33.2. The molecule has 0 unspecified atom stereocenters. The number of thiophene rings is 1. The summed E-state index contributed by atoms with van der Waals surface area (Å²) in [6, 6.07) is 1.82. The van der Waals surface area contributed by atoms with Crippen molar-refractivity contribution in [3.05, 3.63) is 33.5 Å². The van der Waals surface area contributed by atoms with E-state index in [0.717, 1.165) is 54.0 Å². The number of amides is 1. The third-order valence-corrected chi connectivity index (χ3v) is 10.0. The zero-order chi connectivity index (χ0) is 22.5. The van der Waals surface area contributed by atoms with Crippen molar-refractivity contribution >= 4 is 33.2 Å². The zero-order valence-electron chi connectivity index (χ0n) is 17.9. The number of piperidine rings is 1. The summed E-state index contributed by atoms with van der Waals surface area (Å²) in [7, 11) is -2.54. The van der Waals surface area contributed by atoms with Gasteiger partial charge in [-0.1, -0.05) is 6.42 Å². The highest BCUT2D eigenvalue weighted by atomic mass is 32.2. The van der Waals surface area contributed by atoms with Gasteiger partial charge in [0.25, 0.3) is 15.9 Å². The molecular formula is C21H26N4O5S2. The van der Waals surface area contributed by atoms with E-state index in [1.807, 2.05) is 6.07 Å². The average molecular weight is 479 g/mol. The first kappa shape index (κ1) is 21.6. The fourth-order valence-electron chi connectivity index (χ4n) is 4.48. The second-order valence-electron chi connectivity index (χ2n) is 8.58. The second kappa shape index (κ2) is 8.27. The van der Waals surface area contributed by atoms with Crippen LogP contribution >= 0.6 is 11.3 Å². The molecule has 0 spiro atoms. The standard InChI is InChI=1S/C21H26N4O5S2/c1-30-20(27)18-14-7-10-24(19(26)16-11-15(22-23-16)13-5-6-13)12-17(14)31-21(18)32(28,29)25-8-3-2-4-9-25/h11,13H,2-10,12H2,1H3,(H,22,23). The number of carbonyl (C=O) groups excluding carboxylic acids is 2. The number of rotatable bonds is 5. The lowest BCUT2D eigenvalue weighted by Gasteiger charge is -2.26. The summed E-state index contributed by atoms with van der Waals surface area (Å²) in [6.45, 7) is 1.56. The average Bonchev–Trinajstić information content (AvgIpc) is 3.41. The predicted molar refractivity (Wildman–Crippen MR) is 117 cm³/mol. The van der Waals surface area contributed by atoms with Gasteiger partial charge in [0.05, 0.1) is 19.2 Å². The fraction of sp³-hybridized carbons (Fsp3) is 0.571. The summed E-state index contributed by atoms with van der Waals surface area (Å²) in [5, 5.41) is 7.14. The van der Waals surface area contributed by atoms with Gasteiger partial charge in [-0.2, -0.15) is 9.40 Å². The van der Waals surface area contributed by atoms with Crippen molar-refractivity contribution in [2.45, 2.75) is 55.2 Å². The highest BCUT2D eigenvalue weighted by molar-refractivity contribution is 7.91. The molecule has 0 radical (unpaired) electrons. The van der Waals surface area contributed by atoms with Gasteiger partial charge in [0.2, 0.25) is 0 Å². The number of ether oxygens (including phenoxy) is 1. The van der Waals surface area contributed by atoms with Crippen molar-refractivity contribution < 1.29 is 22.7 Å². The molecule has 9 nitrogen and oxygen atoms in total. The highest BCUT2D eigenvalue weighted by Crippen LogP contribution is 2.40. The maximum absolute atomic E-state index is 13.4. The third-order valence-electron chi connectivity index (χ3n) is 6.42. The molecule has 1 saturated carbocycles. The van der Waals surface area contributed by atoms with Gasteiger partial charge in [-0.25, -0.2) is 13.2 Å². The molecule has 172 valence electrons. The molecule has 0 aromatic carbocycles. The number of sulfonamides is 1. The maximum atomic E-state index is 13.4. The van der Waals surface area contributed by atoms with Crippen LogP contribution in [0.2, 0.25) is 0 Å². The number of nitrogens with one attached hydrogen (secondary N) is 1. The Bertz CT molecular complexity index is 1160. The Labute approximate surface area is 190 Å². The lowest BCUT2D eigenvalue weighted by molar-refractivity contribution is 0.0595. The number of H-pyrrole nitrogens is 1. The van der Waals surface area contributed by atoms with Crippen molar-refractivity contribution in [2.75, 3.05) is 26.7 Å². The summed E-state index contributed by atoms with van der Waals surface area (Å²) in [4.78, 5) is 28.0. The predicted octanol–water partition coefficient (Wildman–Crippen LogP) is 2.51. The van der Waals surface area contributed by atoms with E-state index in [-0.39, 0.29) is 22.2 Å². The molecule has 1 N–H and O–H groups in total. The first-order chi connectivity index (χ1) is 15.4. The van der Waals surface area contributed by atoms with Crippen LogP contribution in [0, 0.1) is 0 Å². The molecule has 2 aromatic heterocycles. The van der Waals surface area contributed by atoms with Gasteiger partial charge in [0.1, 0.15) is 9.90 Å². The number of methoxy groups -OCH3 is 1. The molecule has 2 aliphatic heterocycles. The number of nitrogens with zero attached hydrogens (tertiary/aromatic N) is 3. The molecule has 1 saturated heterocycles. The van der Waals surface area contributed by atoms with Crippen LogP contribution in [-0.2, 0) is 27.7 Å². The van der Waals surface area contributed by atoms with Gasteiger partial charge >= 0.3 is 5.97 Å². The number of carbonyl (C=O) groups is 2. The van der Waals surface area contributed by atoms with Gasteiger partial charge in [-0.05, 0) is 43.7 Å². The van der Waals surface area contributed by atoms with Crippen LogP contribution in [0.1, 0.15) is 75.0 Å². The minimum Gasteiger partial charge on any atom is -0.465 e. The highest BCUT2D eigenvalue weighted by Gasteiger charge is 2.38. The van der Waals surface area contributed by atoms with E-state index >= 15 is 0 Å². The van der Waals surface area contributed by atoms with Crippen LogP contribution in [-0.4, -0.2) is 66.4 Å². The monoisotopic (exact) mass is 478 g/mol. The largest absolute Gasteiger partial charge is 0.465 e. The third kappa shape index (κ3) is 3.75. The fourth-order valence-corrected chi connectivity index (χ4v) is 8.03. The molecular weight excluding hydrogens is 452 g/mol. The summed E-state index contributed by atoms with van der Waals surface area (Å²) >= 11 is 1.09. The Morgan fingerprint density at radius 3 is 2.62 bits per heavy atom. The van der Waals surface area contributed by atoms with Crippen molar-refractivity contribution in [1.29, 1.82) is 0 Å². The smallest absolute Gasteiger partial charge is 0.340 e. The summed E-state index contributed by atoms with van der Waals surface area (Å²) in [5.74, 6) is -0.356. The molecule has 1 aliphatic carbocycles. The zero-order valence-corrected chi connectivity index (χ0v) is 19.6. The van der Waals surface area contributed by atoms with Crippen LogP contribution in [0.3, 0.4) is 0 Å². The number of aromatic nitrogens is 2. The van der Waals surface area contributed by atoms with E-state index < -0.39 is 16.0 Å². The van der Waals surface area contributed by atoms with E-state index in [0.29, 0.717) is 43.2 Å². The first-order valence-electron chi connectivity index (χ1n) is 11.0. The summed E-state index contributed by atoms with van der Waals surface area (Å²) in [6.07, 6.45) is 5.26. The van der Waals surface area contributed by atoms with Crippen molar-refractivity contribution in [3.8, 4) is 0 Å². The quantitative estimate of drug-likeness (QED) is 0.661. The number of hydrogen-bond donors (Lipinski definition) is 1. The van der Waals surface area contributed by atoms with E-state index in [2.05, 4.69) is 10.2 Å². The van der Waals surface area contributed by atoms with E-state index in [9.17, 15) is 18.0 Å².